The highest BCUT2D eigenvalue weighted by molar-refractivity contribution is 6.05. The van der Waals surface area contributed by atoms with Crippen LogP contribution in [0.5, 0.6) is 0 Å². The van der Waals surface area contributed by atoms with Crippen molar-refractivity contribution in [2.45, 2.75) is 12.8 Å². The van der Waals surface area contributed by atoms with E-state index in [2.05, 4.69) is 10.2 Å². The summed E-state index contributed by atoms with van der Waals surface area (Å²) in [6, 6.07) is 5.44. The van der Waals surface area contributed by atoms with Crippen LogP contribution in [0.15, 0.2) is 18.2 Å². The van der Waals surface area contributed by atoms with E-state index in [1.165, 1.54) is 0 Å². The minimum absolute atomic E-state index is 0.0253. The molecule has 2 aromatic rings. The molecule has 3 rings (SSSR count). The summed E-state index contributed by atoms with van der Waals surface area (Å²) in [7, 11) is 1.72. The number of nitrogens with two attached hydrogens (primary N) is 1. The van der Waals surface area contributed by atoms with Crippen molar-refractivity contribution in [1.82, 2.24) is 15.1 Å². The van der Waals surface area contributed by atoms with Gasteiger partial charge in [-0.3, -0.25) is 9.89 Å². The number of methoxy groups -OCH3 is 1. The zero-order valence-electron chi connectivity index (χ0n) is 12.1. The number of nitrogens with one attached hydrogen (secondary N) is 1. The number of fused-ring (bicyclic) bond motifs is 1. The average molecular weight is 288 g/mol. The van der Waals surface area contributed by atoms with Crippen molar-refractivity contribution in [2.75, 3.05) is 32.5 Å². The number of carbonyl (C=O) groups excluding carboxylic acids is 1. The number of hydrogen-bond acceptors (Lipinski definition) is 4. The second-order valence-corrected chi connectivity index (χ2v) is 5.57. The molecule has 6 heteroatoms. The summed E-state index contributed by atoms with van der Waals surface area (Å²) in [6.45, 7) is 2.27. The molecule has 1 amide bonds. The van der Waals surface area contributed by atoms with Crippen molar-refractivity contribution in [3.8, 4) is 0 Å². The van der Waals surface area contributed by atoms with Crippen LogP contribution in [0.1, 0.15) is 23.3 Å². The summed E-state index contributed by atoms with van der Waals surface area (Å²) in [6.07, 6.45) is 1.95. The first-order chi connectivity index (χ1) is 10.2. The molecule has 0 radical (unpaired) electrons. The molecule has 2 heterocycles. The van der Waals surface area contributed by atoms with Crippen molar-refractivity contribution in [2.24, 2.45) is 5.92 Å². The van der Waals surface area contributed by atoms with Crippen LogP contribution in [-0.2, 0) is 4.74 Å². The molecule has 1 aliphatic rings. The van der Waals surface area contributed by atoms with Crippen LogP contribution in [-0.4, -0.2) is 47.8 Å². The number of piperidine rings is 1. The average Bonchev–Trinajstić information content (AvgIpc) is 2.90. The van der Waals surface area contributed by atoms with E-state index < -0.39 is 0 Å². The highest BCUT2D eigenvalue weighted by atomic mass is 16.5. The third kappa shape index (κ3) is 2.71. The van der Waals surface area contributed by atoms with Gasteiger partial charge < -0.3 is 15.4 Å². The Bertz CT molecular complexity index is 644. The molecular formula is C15H20N4O2. The predicted octanol–water partition coefficient (Wildman–Crippen LogP) is 1.64. The smallest absolute Gasteiger partial charge is 0.274 e. The van der Waals surface area contributed by atoms with E-state index in [1.54, 1.807) is 19.2 Å². The van der Waals surface area contributed by atoms with Gasteiger partial charge in [0.25, 0.3) is 5.91 Å². The maximum Gasteiger partial charge on any atom is 0.274 e. The quantitative estimate of drug-likeness (QED) is 0.841. The van der Waals surface area contributed by atoms with Gasteiger partial charge in [-0.25, -0.2) is 0 Å². The minimum atomic E-state index is -0.0253. The lowest BCUT2D eigenvalue weighted by atomic mass is 9.97. The molecule has 0 spiro atoms. The van der Waals surface area contributed by atoms with E-state index in [0.29, 0.717) is 17.3 Å². The van der Waals surface area contributed by atoms with Gasteiger partial charge in [0.15, 0.2) is 5.69 Å². The van der Waals surface area contributed by atoms with Gasteiger partial charge in [0.05, 0.1) is 5.52 Å². The standard InChI is InChI=1S/C15H20N4O2/c1-21-9-10-4-6-19(7-5-10)15(20)14-12-8-11(16)2-3-13(12)17-18-14/h2-3,8,10H,4-7,9,16H2,1H3,(H,17,18). The molecule has 0 aliphatic carbocycles. The molecule has 1 aromatic heterocycles. The summed E-state index contributed by atoms with van der Waals surface area (Å²) < 4.78 is 5.19. The van der Waals surface area contributed by atoms with Crippen LogP contribution in [0.2, 0.25) is 0 Å². The van der Waals surface area contributed by atoms with Gasteiger partial charge in [-0.15, -0.1) is 0 Å². The Labute approximate surface area is 123 Å². The number of carbonyl (C=O) groups is 1. The van der Waals surface area contributed by atoms with Crippen molar-refractivity contribution in [3.05, 3.63) is 23.9 Å². The number of benzene rings is 1. The lowest BCUT2D eigenvalue weighted by Crippen LogP contribution is -2.39. The third-order valence-electron chi connectivity index (χ3n) is 4.09. The highest BCUT2D eigenvalue weighted by Gasteiger charge is 2.26. The molecule has 1 saturated heterocycles. The number of rotatable bonds is 3. The number of hydrogen-bond donors (Lipinski definition) is 2. The molecule has 0 saturated carbocycles. The molecule has 0 bridgehead atoms. The number of ether oxygens (including phenoxy) is 1. The lowest BCUT2D eigenvalue weighted by Gasteiger charge is -2.31. The predicted molar refractivity (Wildman–Crippen MR) is 81.0 cm³/mol. The fraction of sp³-hybridized carbons (Fsp3) is 0.467. The molecule has 6 nitrogen and oxygen atoms in total. The summed E-state index contributed by atoms with van der Waals surface area (Å²) >= 11 is 0. The maximum absolute atomic E-state index is 12.6. The van der Waals surface area contributed by atoms with E-state index in [1.807, 2.05) is 11.0 Å². The summed E-state index contributed by atoms with van der Waals surface area (Å²) in [5.41, 5.74) is 7.73. The number of likely N-dealkylation sites (tertiary alicyclic amines) is 1. The largest absolute Gasteiger partial charge is 0.399 e. The van der Waals surface area contributed by atoms with Crippen molar-refractivity contribution < 1.29 is 9.53 Å². The lowest BCUT2D eigenvalue weighted by molar-refractivity contribution is 0.0610. The maximum atomic E-state index is 12.6. The number of amides is 1. The van der Waals surface area contributed by atoms with Crippen molar-refractivity contribution in [1.29, 1.82) is 0 Å². The van der Waals surface area contributed by atoms with E-state index in [-0.39, 0.29) is 5.91 Å². The Hall–Kier alpha value is -2.08. The molecule has 112 valence electrons. The van der Waals surface area contributed by atoms with Crippen LogP contribution in [0, 0.1) is 5.92 Å². The molecule has 1 fully saturated rings. The first kappa shape index (κ1) is 13.9. The number of H-pyrrole nitrogens is 1. The second-order valence-electron chi connectivity index (χ2n) is 5.57. The molecular weight excluding hydrogens is 268 g/mol. The van der Waals surface area contributed by atoms with Crippen LogP contribution in [0.4, 0.5) is 5.69 Å². The second kappa shape index (κ2) is 5.73. The number of anilines is 1. The Morgan fingerprint density at radius 3 is 2.95 bits per heavy atom. The highest BCUT2D eigenvalue weighted by Crippen LogP contribution is 2.23. The fourth-order valence-electron chi connectivity index (χ4n) is 2.88. The normalized spacial score (nSPS) is 16.5. The molecule has 1 aliphatic heterocycles. The Morgan fingerprint density at radius 2 is 2.24 bits per heavy atom. The van der Waals surface area contributed by atoms with Crippen molar-refractivity contribution >= 4 is 22.5 Å². The van der Waals surface area contributed by atoms with Gasteiger partial charge in [0.1, 0.15) is 0 Å². The third-order valence-corrected chi connectivity index (χ3v) is 4.09. The van der Waals surface area contributed by atoms with Gasteiger partial charge in [0.2, 0.25) is 0 Å². The van der Waals surface area contributed by atoms with E-state index in [4.69, 9.17) is 10.5 Å². The topological polar surface area (TPSA) is 84.2 Å². The molecule has 21 heavy (non-hydrogen) atoms. The number of aromatic nitrogens is 2. The van der Waals surface area contributed by atoms with Crippen LogP contribution in [0.3, 0.4) is 0 Å². The van der Waals surface area contributed by atoms with E-state index in [9.17, 15) is 4.79 Å². The van der Waals surface area contributed by atoms with Crippen LogP contribution >= 0.6 is 0 Å². The first-order valence-electron chi connectivity index (χ1n) is 7.21. The molecule has 3 N–H and O–H groups in total. The number of nitrogen functional groups attached to an aromatic ring is 1. The zero-order valence-corrected chi connectivity index (χ0v) is 12.1. The molecule has 0 atom stereocenters. The van der Waals surface area contributed by atoms with Crippen LogP contribution < -0.4 is 5.73 Å². The Balaban J connectivity index is 1.77. The Kier molecular flexibility index (Phi) is 3.79. The fourth-order valence-corrected chi connectivity index (χ4v) is 2.88. The summed E-state index contributed by atoms with van der Waals surface area (Å²) in [5, 5.41) is 7.85. The van der Waals surface area contributed by atoms with Gasteiger partial charge in [-0.1, -0.05) is 0 Å². The number of nitrogens with zero attached hydrogens (tertiary/aromatic N) is 2. The zero-order chi connectivity index (χ0) is 14.8. The van der Waals surface area contributed by atoms with Gasteiger partial charge in [0, 0.05) is 37.9 Å². The molecule has 0 unspecified atom stereocenters. The van der Waals surface area contributed by atoms with Gasteiger partial charge >= 0.3 is 0 Å². The first-order valence-corrected chi connectivity index (χ1v) is 7.21. The van der Waals surface area contributed by atoms with E-state index in [0.717, 1.165) is 43.4 Å². The van der Waals surface area contributed by atoms with Gasteiger partial charge in [-0.05, 0) is 37.0 Å². The number of aromatic amines is 1. The monoisotopic (exact) mass is 288 g/mol. The minimum Gasteiger partial charge on any atom is -0.399 e. The summed E-state index contributed by atoms with van der Waals surface area (Å²) in [4.78, 5) is 14.5. The Morgan fingerprint density at radius 1 is 1.48 bits per heavy atom. The van der Waals surface area contributed by atoms with Crippen LogP contribution in [0.25, 0.3) is 10.9 Å². The van der Waals surface area contributed by atoms with E-state index >= 15 is 0 Å². The SMILES string of the molecule is COCC1CCN(C(=O)c2n[nH]c3ccc(N)cc23)CC1. The summed E-state index contributed by atoms with van der Waals surface area (Å²) in [5.74, 6) is 0.522. The van der Waals surface area contributed by atoms with Gasteiger partial charge in [-0.2, -0.15) is 5.10 Å². The molecule has 1 aromatic carbocycles. The van der Waals surface area contributed by atoms with Crippen molar-refractivity contribution in [3.63, 3.8) is 0 Å².